The Morgan fingerprint density at radius 1 is 0.702 bits per heavy atom. The number of hydrogen-bond acceptors (Lipinski definition) is 9. The number of nitrogens with zero attached hydrogens (tertiary/aromatic N) is 7. The Kier molecular flexibility index (Phi) is 10.6. The van der Waals surface area contributed by atoms with E-state index in [0.717, 1.165) is 45.2 Å². The maximum atomic E-state index is 6.55. The van der Waals surface area contributed by atoms with Gasteiger partial charge in [0, 0.05) is 51.8 Å². The normalized spacial score (nSPS) is 18.0. The minimum Gasteiger partial charge on any atom is -0.477 e. The van der Waals surface area contributed by atoms with Gasteiger partial charge in [-0.05, 0) is 66.9 Å². The molecule has 2 aliphatic heterocycles. The van der Waals surface area contributed by atoms with E-state index in [2.05, 4.69) is 29.9 Å². The Bertz CT molecular complexity index is 1880. The van der Waals surface area contributed by atoms with Gasteiger partial charge in [0.25, 0.3) is 0 Å². The van der Waals surface area contributed by atoms with Gasteiger partial charge in [-0.1, -0.05) is 33.8 Å². The van der Waals surface area contributed by atoms with Gasteiger partial charge in [0.2, 0.25) is 10.6 Å². The van der Waals surface area contributed by atoms with Crippen LogP contribution in [0.3, 0.4) is 0 Å². The van der Waals surface area contributed by atoms with Crippen molar-refractivity contribution >= 4 is 75.2 Å². The monoisotopic (exact) mass is 715 g/mol. The number of likely N-dealkylation sites (N-methyl/N-ethyl adjacent to an activating group) is 1. The molecule has 4 aliphatic rings. The predicted molar refractivity (Wildman–Crippen MR) is 185 cm³/mol. The van der Waals surface area contributed by atoms with E-state index in [-0.39, 0.29) is 27.2 Å². The highest BCUT2D eigenvalue weighted by Gasteiger charge is 2.35. The molecule has 0 fully saturated rings. The number of aromatic amines is 2. The maximum Gasteiger partial charge on any atom is 0.453 e. The van der Waals surface area contributed by atoms with Crippen LogP contribution in [0.4, 0.5) is 17.3 Å². The summed E-state index contributed by atoms with van der Waals surface area (Å²) in [6.07, 6.45) is 11.3. The molecule has 0 saturated carbocycles. The molecule has 7 rings (SSSR count). The van der Waals surface area contributed by atoms with Gasteiger partial charge in [-0.15, -0.1) is 0 Å². The Hall–Kier alpha value is -3.90. The van der Waals surface area contributed by atoms with Crippen molar-refractivity contribution in [2.24, 2.45) is 9.98 Å². The van der Waals surface area contributed by atoms with E-state index in [4.69, 9.17) is 65.9 Å². The molecule has 11 nitrogen and oxygen atoms in total. The number of halogens is 4. The smallest absolute Gasteiger partial charge is 0.453 e. The van der Waals surface area contributed by atoms with Crippen LogP contribution < -0.4 is 24.3 Å². The van der Waals surface area contributed by atoms with E-state index < -0.39 is 6.10 Å². The molecule has 2 N–H and O–H groups in total. The number of allylic oxidation sites excluding steroid dienone is 3. The number of rotatable bonds is 4. The van der Waals surface area contributed by atoms with Crippen molar-refractivity contribution in [1.82, 2.24) is 19.9 Å². The molecule has 2 atom stereocenters. The summed E-state index contributed by atoms with van der Waals surface area (Å²) >= 11 is 24.0. The summed E-state index contributed by atoms with van der Waals surface area (Å²) in [5.74, 6) is 2.36. The van der Waals surface area contributed by atoms with Crippen molar-refractivity contribution < 1.29 is 19.4 Å². The van der Waals surface area contributed by atoms with E-state index in [9.17, 15) is 0 Å². The number of nitrogens with one attached hydrogen (secondary N) is 2. The molecule has 3 aromatic rings. The number of anilines is 1. The number of hydrogen-bond donors (Lipinski definition) is 0. The molecule has 4 heterocycles. The van der Waals surface area contributed by atoms with Crippen LogP contribution in [0.5, 0.6) is 11.5 Å². The lowest BCUT2D eigenvalue weighted by molar-refractivity contribution is -0.510. The van der Waals surface area contributed by atoms with Crippen molar-refractivity contribution in [3.8, 4) is 11.5 Å². The van der Waals surface area contributed by atoms with Crippen molar-refractivity contribution in [2.45, 2.75) is 60.2 Å². The Labute approximate surface area is 292 Å². The van der Waals surface area contributed by atoms with Gasteiger partial charge < -0.3 is 9.47 Å². The minimum absolute atomic E-state index is 0.0505. The van der Waals surface area contributed by atoms with Gasteiger partial charge in [-0.25, -0.2) is 20.0 Å². The third kappa shape index (κ3) is 7.03. The van der Waals surface area contributed by atoms with E-state index in [1.807, 2.05) is 89.9 Å². The summed E-state index contributed by atoms with van der Waals surface area (Å²) in [5.41, 5.74) is 6.45. The predicted octanol–water partition coefficient (Wildman–Crippen LogP) is 7.17. The van der Waals surface area contributed by atoms with Crippen LogP contribution in [0.1, 0.15) is 44.6 Å². The van der Waals surface area contributed by atoms with Gasteiger partial charge in [-0.2, -0.15) is 19.9 Å². The summed E-state index contributed by atoms with van der Waals surface area (Å²) in [5, 5.41) is 0.425. The fourth-order valence-electron chi connectivity index (χ4n) is 5.19. The zero-order valence-corrected chi connectivity index (χ0v) is 29.8. The Morgan fingerprint density at radius 2 is 1.21 bits per heavy atom. The molecular formula is C32H33Cl4N9O2+2. The SMILES string of the molecule is CC.CC.Cc1c2c(c(C)c3c1OC1C=C(Cc4nc(Cl)nc(Cl)n4)C=CC1=N3)OC1C=C(N(C)c3[nH+]c(Cl)nc(Cl)[nH+]3)C=CC1=N2. The molecule has 0 spiro atoms. The molecule has 2 aliphatic carbocycles. The van der Waals surface area contributed by atoms with Crippen molar-refractivity contribution in [1.29, 1.82) is 0 Å². The number of ether oxygens (including phenoxy) is 2. The second kappa shape index (κ2) is 14.5. The summed E-state index contributed by atoms with van der Waals surface area (Å²) in [7, 11) is 1.87. The van der Waals surface area contributed by atoms with Crippen LogP contribution in [0.2, 0.25) is 21.1 Å². The van der Waals surface area contributed by atoms with Crippen molar-refractivity contribution in [2.75, 3.05) is 11.9 Å². The average molecular weight is 717 g/mol. The molecule has 0 amide bonds. The molecule has 2 unspecified atom stereocenters. The zero-order valence-electron chi connectivity index (χ0n) is 26.8. The first-order chi connectivity index (χ1) is 22.6. The fourth-order valence-corrected chi connectivity index (χ4v) is 5.98. The lowest BCUT2D eigenvalue weighted by Crippen LogP contribution is -2.37. The Balaban J connectivity index is 0.00000105. The van der Waals surface area contributed by atoms with Crippen LogP contribution >= 0.6 is 46.4 Å². The molecule has 1 aromatic carbocycles. The summed E-state index contributed by atoms with van der Waals surface area (Å²) < 4.78 is 13.1. The second-order valence-corrected chi connectivity index (χ2v) is 11.5. The first-order valence-electron chi connectivity index (χ1n) is 15.1. The number of aromatic nitrogens is 6. The molecule has 0 saturated heterocycles. The number of fused-ring (bicyclic) bond motifs is 4. The highest BCUT2D eigenvalue weighted by molar-refractivity contribution is 6.31. The molecule has 0 radical (unpaired) electrons. The highest BCUT2D eigenvalue weighted by Crippen LogP contribution is 2.52. The minimum atomic E-state index is -0.415. The summed E-state index contributed by atoms with van der Waals surface area (Å²) in [4.78, 5) is 33.8. The van der Waals surface area contributed by atoms with Crippen molar-refractivity contribution in [3.05, 3.63) is 85.8 Å². The largest absolute Gasteiger partial charge is 0.477 e. The number of H-pyrrole nitrogens is 2. The second-order valence-electron chi connectivity index (χ2n) is 10.1. The lowest BCUT2D eigenvalue weighted by atomic mass is 9.96. The molecular weight excluding hydrogens is 684 g/mol. The third-order valence-electron chi connectivity index (χ3n) is 7.31. The topological polar surface area (TPSA) is 126 Å². The molecule has 15 heteroatoms. The van der Waals surface area contributed by atoms with Crippen molar-refractivity contribution in [3.63, 3.8) is 0 Å². The van der Waals surface area contributed by atoms with Gasteiger partial charge in [0.05, 0.1) is 18.5 Å². The van der Waals surface area contributed by atoms with Gasteiger partial charge >= 0.3 is 16.5 Å². The van der Waals surface area contributed by atoms with Crippen LogP contribution in [0, 0.1) is 13.8 Å². The van der Waals surface area contributed by atoms with Crippen LogP contribution in [0.15, 0.2) is 57.7 Å². The molecule has 0 bridgehead atoms. The molecule has 244 valence electrons. The maximum absolute atomic E-state index is 6.55. The van der Waals surface area contributed by atoms with E-state index in [0.29, 0.717) is 29.7 Å². The first kappa shape index (κ1) is 34.4. The fraction of sp³-hybridized carbons (Fsp3) is 0.312. The van der Waals surface area contributed by atoms with E-state index >= 15 is 0 Å². The summed E-state index contributed by atoms with van der Waals surface area (Å²) in [6, 6.07) is 0. The highest BCUT2D eigenvalue weighted by atomic mass is 35.5. The lowest BCUT2D eigenvalue weighted by Gasteiger charge is -2.32. The summed E-state index contributed by atoms with van der Waals surface area (Å²) in [6.45, 7) is 11.9. The van der Waals surface area contributed by atoms with Crippen LogP contribution in [0.25, 0.3) is 0 Å². The quantitative estimate of drug-likeness (QED) is 0.280. The first-order valence-corrected chi connectivity index (χ1v) is 16.6. The van der Waals surface area contributed by atoms with Crippen LogP contribution in [-0.4, -0.2) is 50.6 Å². The van der Waals surface area contributed by atoms with E-state index in [1.165, 1.54) is 0 Å². The molecule has 2 aromatic heterocycles. The third-order valence-corrected chi connectivity index (χ3v) is 8.00. The number of benzene rings is 1. The standard InChI is InChI=1S/C28H19Cl4N9O2.2C2H6/c1-11-21-23(43-18-10-14(5-7-16(18)34-21)41(3)28-39-26(31)38-27(32)40-28)12(2)20-22(11)42-17-8-13(4-6-15(17)33-20)9-19-35-24(29)37-25(30)36-19;2*1-2/h4-8,10,17-18H,9H2,1-3H3;2*1-2H3/p+2. The van der Waals surface area contributed by atoms with Gasteiger partial charge in [0.1, 0.15) is 22.9 Å². The van der Waals surface area contributed by atoms with Gasteiger partial charge in [0.15, 0.2) is 23.7 Å². The average Bonchev–Trinajstić information content (AvgIpc) is 3.06. The number of aliphatic imine (C=N–C) groups is 2. The Morgan fingerprint density at radius 3 is 1.77 bits per heavy atom. The molecule has 47 heavy (non-hydrogen) atoms. The van der Waals surface area contributed by atoms with Gasteiger partial charge in [-0.3, -0.25) is 0 Å². The van der Waals surface area contributed by atoms with E-state index in [1.54, 1.807) is 0 Å². The zero-order chi connectivity index (χ0) is 34.0. The van der Waals surface area contributed by atoms with Crippen LogP contribution in [-0.2, 0) is 6.42 Å².